The first-order valence-corrected chi connectivity index (χ1v) is 12.0. The Hall–Kier alpha value is -2.36. The average Bonchev–Trinajstić information content (AvgIpc) is 3.22. The Bertz CT molecular complexity index is 1100. The van der Waals surface area contributed by atoms with Crippen molar-refractivity contribution >= 4 is 48.9 Å². The van der Waals surface area contributed by atoms with Crippen molar-refractivity contribution < 1.29 is 17.9 Å². The number of hydrogen-bond acceptors (Lipinski definition) is 5. The zero-order chi connectivity index (χ0) is 20.9. The predicted octanol–water partition coefficient (Wildman–Crippen LogP) is 4.64. The minimum Gasteiger partial charge on any atom is -0.493 e. The van der Waals surface area contributed by atoms with Crippen molar-refractivity contribution in [2.24, 2.45) is 0 Å². The maximum absolute atomic E-state index is 12.8. The van der Waals surface area contributed by atoms with E-state index in [9.17, 15) is 13.2 Å². The number of benzene rings is 2. The van der Waals surface area contributed by atoms with Crippen LogP contribution in [0.4, 0.5) is 5.69 Å². The molecule has 0 unspecified atom stereocenters. The molecule has 0 spiro atoms. The molecule has 3 rings (SSSR count). The second-order valence-corrected chi connectivity index (χ2v) is 9.34. The molecule has 0 bridgehead atoms. The molecule has 9 heteroatoms. The van der Waals surface area contributed by atoms with Crippen LogP contribution in [0.25, 0.3) is 0 Å². The molecule has 0 atom stereocenters. The minimum absolute atomic E-state index is 0.00527. The minimum atomic E-state index is -3.86. The van der Waals surface area contributed by atoms with Gasteiger partial charge in [0.05, 0.1) is 21.7 Å². The predicted molar refractivity (Wildman–Crippen MR) is 118 cm³/mol. The molecule has 152 valence electrons. The Labute approximate surface area is 182 Å². The fourth-order valence-electron chi connectivity index (χ4n) is 2.53. The summed E-state index contributed by atoms with van der Waals surface area (Å²) in [5, 5.41) is 6.66. The third-order valence-corrected chi connectivity index (χ3v) is 6.65. The van der Waals surface area contributed by atoms with Gasteiger partial charge in [-0.1, -0.05) is 6.07 Å². The monoisotopic (exact) mass is 494 g/mol. The van der Waals surface area contributed by atoms with Crippen LogP contribution in [0.15, 0.2) is 68.7 Å². The van der Waals surface area contributed by atoms with E-state index in [1.807, 2.05) is 23.8 Å². The van der Waals surface area contributed by atoms with Gasteiger partial charge in [-0.15, -0.1) is 0 Å². The molecule has 0 aliphatic carbocycles. The lowest BCUT2D eigenvalue weighted by Crippen LogP contribution is -2.23. The van der Waals surface area contributed by atoms with Crippen molar-refractivity contribution in [3.63, 3.8) is 0 Å². The summed E-state index contributed by atoms with van der Waals surface area (Å²) >= 11 is 4.91. The maximum atomic E-state index is 12.8. The number of anilines is 1. The number of ether oxygens (including phenoxy) is 1. The number of amides is 1. The van der Waals surface area contributed by atoms with Crippen molar-refractivity contribution in [2.45, 2.75) is 18.4 Å². The number of carbonyl (C=O) groups is 1. The smallest absolute Gasteiger partial charge is 0.261 e. The number of nitrogens with one attached hydrogen (secondary N) is 2. The summed E-state index contributed by atoms with van der Waals surface area (Å²) in [6.45, 7) is 2.76. The van der Waals surface area contributed by atoms with Crippen LogP contribution in [0.1, 0.15) is 22.8 Å². The van der Waals surface area contributed by atoms with Crippen LogP contribution in [0.2, 0.25) is 0 Å². The highest BCUT2D eigenvalue weighted by molar-refractivity contribution is 9.10. The van der Waals surface area contributed by atoms with Crippen LogP contribution in [0.5, 0.6) is 5.75 Å². The quantitative estimate of drug-likeness (QED) is 0.477. The number of hydrogen-bond donors (Lipinski definition) is 2. The van der Waals surface area contributed by atoms with E-state index in [-0.39, 0.29) is 16.4 Å². The lowest BCUT2D eigenvalue weighted by atomic mass is 10.2. The summed E-state index contributed by atoms with van der Waals surface area (Å²) in [4.78, 5) is 12.4. The second kappa shape index (κ2) is 9.43. The van der Waals surface area contributed by atoms with Crippen LogP contribution in [-0.4, -0.2) is 20.9 Å². The summed E-state index contributed by atoms with van der Waals surface area (Å²) in [5.41, 5.74) is 1.65. The molecule has 6 nitrogen and oxygen atoms in total. The van der Waals surface area contributed by atoms with Crippen molar-refractivity contribution in [3.8, 4) is 5.75 Å². The van der Waals surface area contributed by atoms with Crippen molar-refractivity contribution in [2.75, 3.05) is 11.3 Å². The Balaban J connectivity index is 1.74. The Kier molecular flexibility index (Phi) is 6.94. The van der Waals surface area contributed by atoms with Crippen molar-refractivity contribution in [3.05, 3.63) is 74.9 Å². The average molecular weight is 495 g/mol. The first-order valence-electron chi connectivity index (χ1n) is 8.73. The number of carbonyl (C=O) groups excluding carboxylic acids is 1. The van der Waals surface area contributed by atoms with Crippen molar-refractivity contribution in [1.82, 2.24) is 5.32 Å². The summed E-state index contributed by atoms with van der Waals surface area (Å²) in [7, 11) is -3.86. The highest BCUT2D eigenvalue weighted by Gasteiger charge is 2.17. The molecule has 2 aromatic carbocycles. The highest BCUT2D eigenvalue weighted by atomic mass is 79.9. The Morgan fingerprint density at radius 3 is 2.69 bits per heavy atom. The summed E-state index contributed by atoms with van der Waals surface area (Å²) in [5.74, 6) is 0.289. The van der Waals surface area contributed by atoms with E-state index in [0.29, 0.717) is 29.1 Å². The largest absolute Gasteiger partial charge is 0.493 e. The molecule has 1 aromatic heterocycles. The third-order valence-electron chi connectivity index (χ3n) is 3.92. The fourth-order valence-corrected chi connectivity index (χ4v) is 4.79. The first kappa shape index (κ1) is 21.4. The molecule has 2 N–H and O–H groups in total. The van der Waals surface area contributed by atoms with Crippen LogP contribution >= 0.6 is 27.3 Å². The summed E-state index contributed by atoms with van der Waals surface area (Å²) < 4.78 is 34.1. The molecular weight excluding hydrogens is 476 g/mol. The second-order valence-electron chi connectivity index (χ2n) is 6.03. The van der Waals surface area contributed by atoms with E-state index in [0.717, 1.165) is 5.56 Å². The van der Waals surface area contributed by atoms with Gasteiger partial charge in [0, 0.05) is 12.1 Å². The topological polar surface area (TPSA) is 84.5 Å². The summed E-state index contributed by atoms with van der Waals surface area (Å²) in [6.07, 6.45) is 0. The van der Waals surface area contributed by atoms with Gasteiger partial charge in [0.1, 0.15) is 5.75 Å². The van der Waals surface area contributed by atoms with E-state index in [2.05, 4.69) is 26.0 Å². The van der Waals surface area contributed by atoms with E-state index >= 15 is 0 Å². The third kappa shape index (κ3) is 5.59. The van der Waals surface area contributed by atoms with Gasteiger partial charge in [-0.3, -0.25) is 9.52 Å². The lowest BCUT2D eigenvalue weighted by Gasteiger charge is -2.12. The number of halogens is 1. The Morgan fingerprint density at radius 2 is 2.00 bits per heavy atom. The molecule has 0 fully saturated rings. The summed E-state index contributed by atoms with van der Waals surface area (Å²) in [6, 6.07) is 12.8. The van der Waals surface area contributed by atoms with Gasteiger partial charge in [0.25, 0.3) is 15.9 Å². The SMILES string of the molecule is CCOc1ccc(NS(=O)(=O)c2cccc(C(=O)NCc3ccsc3)c2)cc1Br. The molecule has 1 amide bonds. The standard InChI is InChI=1S/C20H19BrN2O4S2/c1-2-27-19-7-6-16(11-18(19)21)23-29(25,26)17-5-3-4-15(10-17)20(24)22-12-14-8-9-28-13-14/h3-11,13,23H,2,12H2,1H3,(H,22,24). The van der Waals surface area contributed by atoms with Gasteiger partial charge < -0.3 is 10.1 Å². The molecule has 0 aliphatic heterocycles. The van der Waals surface area contributed by atoms with Gasteiger partial charge in [-0.2, -0.15) is 11.3 Å². The van der Waals surface area contributed by atoms with Gasteiger partial charge in [0.2, 0.25) is 0 Å². The number of thiophene rings is 1. The molecule has 0 aliphatic rings. The molecule has 0 radical (unpaired) electrons. The normalized spacial score (nSPS) is 11.1. The van der Waals surface area contributed by atoms with Gasteiger partial charge in [-0.25, -0.2) is 8.42 Å². The lowest BCUT2D eigenvalue weighted by molar-refractivity contribution is 0.0950. The molecular formula is C20H19BrN2O4S2. The molecule has 29 heavy (non-hydrogen) atoms. The van der Waals surface area contributed by atoms with Gasteiger partial charge in [0.15, 0.2) is 0 Å². The van der Waals surface area contributed by atoms with Crippen LogP contribution < -0.4 is 14.8 Å². The van der Waals surface area contributed by atoms with Gasteiger partial charge in [-0.05, 0) is 81.6 Å². The first-order chi connectivity index (χ1) is 13.9. The van der Waals surface area contributed by atoms with Crippen LogP contribution in [0.3, 0.4) is 0 Å². The maximum Gasteiger partial charge on any atom is 0.261 e. The number of sulfonamides is 1. The molecule has 1 heterocycles. The van der Waals surface area contributed by atoms with Gasteiger partial charge >= 0.3 is 0 Å². The van der Waals surface area contributed by atoms with E-state index in [1.165, 1.54) is 12.1 Å². The Morgan fingerprint density at radius 1 is 1.17 bits per heavy atom. The van der Waals surface area contributed by atoms with Crippen LogP contribution in [0, 0.1) is 0 Å². The van der Waals surface area contributed by atoms with E-state index < -0.39 is 10.0 Å². The molecule has 3 aromatic rings. The molecule has 0 saturated carbocycles. The zero-order valence-corrected chi connectivity index (χ0v) is 18.7. The molecule has 0 saturated heterocycles. The van der Waals surface area contributed by atoms with E-state index in [1.54, 1.807) is 41.7 Å². The van der Waals surface area contributed by atoms with Crippen LogP contribution in [-0.2, 0) is 16.6 Å². The van der Waals surface area contributed by atoms with E-state index in [4.69, 9.17) is 4.74 Å². The van der Waals surface area contributed by atoms with Crippen molar-refractivity contribution in [1.29, 1.82) is 0 Å². The highest BCUT2D eigenvalue weighted by Crippen LogP contribution is 2.29. The zero-order valence-electron chi connectivity index (χ0n) is 15.5. The fraction of sp³-hybridized carbons (Fsp3) is 0.150. The number of rotatable bonds is 8.